The summed E-state index contributed by atoms with van der Waals surface area (Å²) in [5, 5.41) is 18.7. The number of anilines is 1. The number of aromatic hydroxyl groups is 2. The molecule has 3 N–H and O–H groups in total. The third-order valence-corrected chi connectivity index (χ3v) is 4.25. The maximum atomic E-state index is 13.9. The van der Waals surface area contributed by atoms with Crippen LogP contribution in [0.25, 0.3) is 11.1 Å². The monoisotopic (exact) mass is 281 g/mol. The van der Waals surface area contributed by atoms with Gasteiger partial charge in [0.1, 0.15) is 17.3 Å². The smallest absolute Gasteiger partial charge is 0.262 e. The Balaban J connectivity index is 2.43. The van der Waals surface area contributed by atoms with Crippen molar-refractivity contribution >= 4 is 15.7 Å². The first-order valence-electron chi connectivity index (χ1n) is 5.27. The fourth-order valence-electron chi connectivity index (χ4n) is 2.09. The van der Waals surface area contributed by atoms with Gasteiger partial charge in [-0.1, -0.05) is 0 Å². The molecule has 1 aliphatic heterocycles. The van der Waals surface area contributed by atoms with E-state index in [0.29, 0.717) is 0 Å². The largest absolute Gasteiger partial charge is 0.508 e. The zero-order chi connectivity index (χ0) is 13.8. The quantitative estimate of drug-likeness (QED) is 0.689. The van der Waals surface area contributed by atoms with E-state index in [-0.39, 0.29) is 33.2 Å². The van der Waals surface area contributed by atoms with Crippen LogP contribution >= 0.6 is 0 Å². The average molecular weight is 281 g/mol. The average Bonchev–Trinajstić information content (AvgIpc) is 2.28. The second-order valence-corrected chi connectivity index (χ2v) is 5.79. The fraction of sp³-hybridized carbons (Fsp3) is 0. The van der Waals surface area contributed by atoms with E-state index < -0.39 is 15.8 Å². The Morgan fingerprint density at radius 2 is 1.79 bits per heavy atom. The normalized spacial score (nSPS) is 15.2. The number of rotatable bonds is 0. The predicted octanol–water partition coefficient (Wildman–Crippen LogP) is 2.02. The van der Waals surface area contributed by atoms with Gasteiger partial charge in [-0.25, -0.2) is 12.8 Å². The molecule has 0 radical (unpaired) electrons. The van der Waals surface area contributed by atoms with Gasteiger partial charge in [0.15, 0.2) is 0 Å². The highest BCUT2D eigenvalue weighted by Crippen LogP contribution is 2.43. The first kappa shape index (κ1) is 11.8. The van der Waals surface area contributed by atoms with Crippen molar-refractivity contribution in [2.45, 2.75) is 4.90 Å². The number of halogens is 1. The van der Waals surface area contributed by atoms with Crippen molar-refractivity contribution < 1.29 is 23.0 Å². The number of hydrogen-bond donors (Lipinski definition) is 3. The number of nitrogens with one attached hydrogen (secondary N) is 1. The van der Waals surface area contributed by atoms with Crippen molar-refractivity contribution in [3.8, 4) is 22.6 Å². The predicted molar refractivity (Wildman–Crippen MR) is 66.0 cm³/mol. The maximum absolute atomic E-state index is 13.9. The third-order valence-electron chi connectivity index (χ3n) is 2.84. The molecule has 1 aliphatic rings. The molecular weight excluding hydrogens is 273 g/mol. The van der Waals surface area contributed by atoms with Crippen molar-refractivity contribution in [2.75, 3.05) is 4.72 Å². The minimum Gasteiger partial charge on any atom is -0.508 e. The van der Waals surface area contributed by atoms with Crippen LogP contribution in [-0.2, 0) is 10.0 Å². The first-order chi connectivity index (χ1) is 8.88. The fourth-order valence-corrected chi connectivity index (χ4v) is 3.38. The van der Waals surface area contributed by atoms with E-state index in [4.69, 9.17) is 0 Å². The van der Waals surface area contributed by atoms with Crippen LogP contribution in [0.4, 0.5) is 10.1 Å². The lowest BCUT2D eigenvalue weighted by Crippen LogP contribution is -2.19. The molecule has 3 rings (SSSR count). The molecule has 0 fully saturated rings. The van der Waals surface area contributed by atoms with Crippen LogP contribution in [0.2, 0.25) is 0 Å². The van der Waals surface area contributed by atoms with Crippen LogP contribution in [0.15, 0.2) is 35.2 Å². The summed E-state index contributed by atoms with van der Waals surface area (Å²) in [5.74, 6) is -1.35. The van der Waals surface area contributed by atoms with E-state index in [9.17, 15) is 23.0 Å². The lowest BCUT2D eigenvalue weighted by Gasteiger charge is -2.22. The number of benzene rings is 2. The van der Waals surface area contributed by atoms with E-state index >= 15 is 0 Å². The Morgan fingerprint density at radius 1 is 1.05 bits per heavy atom. The van der Waals surface area contributed by atoms with Crippen LogP contribution in [-0.4, -0.2) is 18.6 Å². The van der Waals surface area contributed by atoms with E-state index in [0.717, 1.165) is 18.2 Å². The van der Waals surface area contributed by atoms with Crippen molar-refractivity contribution in [1.29, 1.82) is 0 Å². The highest BCUT2D eigenvalue weighted by Gasteiger charge is 2.30. The summed E-state index contributed by atoms with van der Waals surface area (Å²) < 4.78 is 40.0. The second-order valence-electron chi connectivity index (χ2n) is 4.14. The van der Waals surface area contributed by atoms with Gasteiger partial charge in [-0.3, -0.25) is 4.72 Å². The highest BCUT2D eigenvalue weighted by atomic mass is 32.2. The Morgan fingerprint density at radius 3 is 2.53 bits per heavy atom. The van der Waals surface area contributed by atoms with Gasteiger partial charge in [-0.15, -0.1) is 0 Å². The van der Waals surface area contributed by atoms with E-state index in [1.165, 1.54) is 12.1 Å². The Bertz CT molecular complexity index is 802. The minimum absolute atomic E-state index is 0.0318. The van der Waals surface area contributed by atoms with Gasteiger partial charge in [0.25, 0.3) is 10.0 Å². The molecule has 0 aromatic heterocycles. The molecule has 0 saturated carbocycles. The second kappa shape index (κ2) is 3.61. The topological polar surface area (TPSA) is 86.6 Å². The maximum Gasteiger partial charge on any atom is 0.262 e. The first-order valence-corrected chi connectivity index (χ1v) is 6.75. The van der Waals surface area contributed by atoms with Crippen LogP contribution in [0, 0.1) is 5.82 Å². The zero-order valence-electron chi connectivity index (χ0n) is 9.38. The molecule has 98 valence electrons. The molecular formula is C12H8FNO4S. The summed E-state index contributed by atoms with van der Waals surface area (Å²) in [6.07, 6.45) is 0. The summed E-state index contributed by atoms with van der Waals surface area (Å²) >= 11 is 0. The summed E-state index contributed by atoms with van der Waals surface area (Å²) in [7, 11) is -3.90. The minimum atomic E-state index is -3.90. The number of phenolic OH excluding ortho intramolecular Hbond substituents is 2. The van der Waals surface area contributed by atoms with Gasteiger partial charge in [0.2, 0.25) is 0 Å². The zero-order valence-corrected chi connectivity index (χ0v) is 10.2. The molecule has 2 aromatic rings. The molecule has 0 spiro atoms. The Hall–Kier alpha value is -2.28. The van der Waals surface area contributed by atoms with Crippen molar-refractivity contribution in [2.24, 2.45) is 0 Å². The van der Waals surface area contributed by atoms with Crippen molar-refractivity contribution in [3.05, 3.63) is 36.1 Å². The molecule has 0 saturated heterocycles. The van der Waals surface area contributed by atoms with E-state index in [1.54, 1.807) is 0 Å². The van der Waals surface area contributed by atoms with Crippen LogP contribution < -0.4 is 4.72 Å². The number of hydrogen-bond acceptors (Lipinski definition) is 4. The number of phenols is 2. The standard InChI is InChI=1S/C12H8FNO4S/c13-9-3-7(16)4-10-12(9)8-2-1-6(15)5-11(8)19(17,18)14-10/h1-5,14-16H. The number of fused-ring (bicyclic) bond motifs is 3. The molecule has 0 bridgehead atoms. The molecule has 0 aliphatic carbocycles. The summed E-state index contributed by atoms with van der Waals surface area (Å²) in [4.78, 5) is -0.204. The third kappa shape index (κ3) is 1.70. The van der Waals surface area contributed by atoms with Crippen LogP contribution in [0.3, 0.4) is 0 Å². The molecule has 2 aromatic carbocycles. The van der Waals surface area contributed by atoms with Gasteiger partial charge in [-0.05, 0) is 12.1 Å². The van der Waals surface area contributed by atoms with Gasteiger partial charge >= 0.3 is 0 Å². The van der Waals surface area contributed by atoms with Gasteiger partial charge in [-0.2, -0.15) is 0 Å². The van der Waals surface area contributed by atoms with Crippen molar-refractivity contribution in [1.82, 2.24) is 0 Å². The molecule has 0 unspecified atom stereocenters. The van der Waals surface area contributed by atoms with Crippen molar-refractivity contribution in [3.63, 3.8) is 0 Å². The lowest BCUT2D eigenvalue weighted by atomic mass is 10.0. The van der Waals surface area contributed by atoms with Crippen LogP contribution in [0.5, 0.6) is 11.5 Å². The molecule has 5 nitrogen and oxygen atoms in total. The van der Waals surface area contributed by atoms with Gasteiger partial charge in [0.05, 0.1) is 10.6 Å². The molecule has 1 heterocycles. The summed E-state index contributed by atoms with van der Waals surface area (Å²) in [6, 6.07) is 5.67. The summed E-state index contributed by atoms with van der Waals surface area (Å²) in [6.45, 7) is 0. The molecule has 0 amide bonds. The number of sulfonamides is 1. The van der Waals surface area contributed by atoms with Gasteiger partial charge < -0.3 is 10.2 Å². The highest BCUT2D eigenvalue weighted by molar-refractivity contribution is 7.93. The Kier molecular flexibility index (Phi) is 2.24. The SMILES string of the molecule is O=S1(=O)Nc2cc(O)cc(F)c2-c2ccc(O)cc21. The van der Waals surface area contributed by atoms with Crippen LogP contribution in [0.1, 0.15) is 0 Å². The summed E-state index contributed by atoms with van der Waals surface area (Å²) in [5.41, 5.74) is 0.155. The van der Waals surface area contributed by atoms with E-state index in [2.05, 4.69) is 4.72 Å². The molecule has 0 atom stereocenters. The van der Waals surface area contributed by atoms with Gasteiger partial charge in [0, 0.05) is 29.3 Å². The lowest BCUT2D eigenvalue weighted by molar-refractivity contribution is 0.469. The van der Waals surface area contributed by atoms with E-state index in [1.807, 2.05) is 0 Å². The molecule has 19 heavy (non-hydrogen) atoms. The Labute approximate surface area is 108 Å². The molecule has 7 heteroatoms.